The number of benzene rings is 1. The van der Waals surface area contributed by atoms with E-state index in [9.17, 15) is 5.02 Å². The van der Waals surface area contributed by atoms with E-state index in [1.807, 2.05) is 18.2 Å². The van der Waals surface area contributed by atoms with Crippen molar-refractivity contribution in [2.75, 3.05) is 5.73 Å². The molecule has 0 aliphatic rings. The monoisotopic (exact) mass is 163 g/mol. The summed E-state index contributed by atoms with van der Waals surface area (Å²) in [6.45, 7) is 3.40. The first kappa shape index (κ1) is 9.14. The van der Waals surface area contributed by atoms with E-state index in [4.69, 9.17) is 5.73 Å². The van der Waals surface area contributed by atoms with Gasteiger partial charge in [-0.25, -0.2) is 0 Å². The van der Waals surface area contributed by atoms with Crippen LogP contribution in [0.1, 0.15) is 12.5 Å². The molecule has 2 nitrogen and oxygen atoms in total. The maximum Gasteiger partial charge on any atom is 0.320 e. The fourth-order valence-electron chi connectivity index (χ4n) is 1.32. The number of rotatable bonds is 2. The van der Waals surface area contributed by atoms with Gasteiger partial charge in [0.25, 0.3) is 0 Å². The normalized spacial score (nSPS) is 9.92. The number of nitrogen functional groups attached to an aromatic ring is 1. The molecule has 0 unspecified atom stereocenters. The highest BCUT2D eigenvalue weighted by Gasteiger charge is 2.10. The maximum absolute atomic E-state index is 9.40. The van der Waals surface area contributed by atoms with Gasteiger partial charge in [0, 0.05) is 5.69 Å². The minimum atomic E-state index is -0.427. The smallest absolute Gasteiger partial charge is 0.320 e. The molecule has 1 aromatic carbocycles. The minimum absolute atomic E-state index is 0.427. The van der Waals surface area contributed by atoms with Crippen molar-refractivity contribution in [1.29, 1.82) is 0 Å². The summed E-state index contributed by atoms with van der Waals surface area (Å²) in [5.74, 6) is 0. The first-order valence-corrected chi connectivity index (χ1v) is 4.21. The highest BCUT2D eigenvalue weighted by molar-refractivity contribution is 6.65. The number of nitrogens with two attached hydrogens (primary N) is 1. The predicted octanol–water partition coefficient (Wildman–Crippen LogP) is 0.652. The second-order valence-electron chi connectivity index (χ2n) is 2.99. The van der Waals surface area contributed by atoms with Gasteiger partial charge in [0.2, 0.25) is 0 Å². The van der Waals surface area contributed by atoms with Gasteiger partial charge >= 0.3 is 6.92 Å². The summed E-state index contributed by atoms with van der Waals surface area (Å²) in [4.78, 5) is 0. The van der Waals surface area contributed by atoms with Crippen LogP contribution >= 0.6 is 0 Å². The summed E-state index contributed by atoms with van der Waals surface area (Å²) >= 11 is 0. The summed E-state index contributed by atoms with van der Waals surface area (Å²) in [6.07, 6.45) is 0.931. The quantitative estimate of drug-likeness (QED) is 0.496. The third kappa shape index (κ3) is 1.80. The van der Waals surface area contributed by atoms with E-state index in [-0.39, 0.29) is 0 Å². The third-order valence-corrected chi connectivity index (χ3v) is 2.00. The molecule has 3 N–H and O–H groups in total. The Morgan fingerprint density at radius 2 is 2.17 bits per heavy atom. The molecule has 0 atom stereocenters. The second kappa shape index (κ2) is 3.63. The third-order valence-electron chi connectivity index (χ3n) is 2.00. The van der Waals surface area contributed by atoms with E-state index in [0.717, 1.165) is 11.9 Å². The van der Waals surface area contributed by atoms with Crippen LogP contribution in [-0.2, 0) is 6.42 Å². The first-order chi connectivity index (χ1) is 5.65. The second-order valence-corrected chi connectivity index (χ2v) is 2.99. The lowest BCUT2D eigenvalue weighted by Gasteiger charge is -2.08. The Bertz CT molecular complexity index is 273. The molecule has 1 aromatic rings. The summed E-state index contributed by atoms with van der Waals surface area (Å²) in [5, 5.41) is 9.40. The van der Waals surface area contributed by atoms with Gasteiger partial charge in [0.15, 0.2) is 0 Å². The standard InChI is InChI=1S/C9H14BNO/c1-3-7-4-5-8(11)6-9(7)10(2)12/h4-6,12H,3,11H2,1-2H3. The van der Waals surface area contributed by atoms with Gasteiger partial charge in [-0.15, -0.1) is 0 Å². The van der Waals surface area contributed by atoms with Crippen molar-refractivity contribution in [3.05, 3.63) is 23.8 Å². The molecule has 0 fully saturated rings. The first-order valence-electron chi connectivity index (χ1n) is 4.21. The molecular weight excluding hydrogens is 149 g/mol. The zero-order chi connectivity index (χ0) is 9.14. The Hall–Kier alpha value is -0.955. The molecule has 1 rings (SSSR count). The Labute approximate surface area is 73.5 Å². The van der Waals surface area contributed by atoms with Crippen LogP contribution in [0, 0.1) is 0 Å². The highest BCUT2D eigenvalue weighted by Crippen LogP contribution is 2.04. The summed E-state index contributed by atoms with van der Waals surface area (Å²) in [7, 11) is 0. The van der Waals surface area contributed by atoms with Crippen molar-refractivity contribution in [3.8, 4) is 0 Å². The fourth-order valence-corrected chi connectivity index (χ4v) is 1.32. The zero-order valence-corrected chi connectivity index (χ0v) is 7.54. The van der Waals surface area contributed by atoms with Gasteiger partial charge < -0.3 is 10.8 Å². The van der Waals surface area contributed by atoms with Gasteiger partial charge in [0.05, 0.1) is 0 Å². The van der Waals surface area contributed by atoms with Crippen LogP contribution in [0.5, 0.6) is 0 Å². The summed E-state index contributed by atoms with van der Waals surface area (Å²) in [6, 6.07) is 5.67. The molecule has 0 saturated heterocycles. The van der Waals surface area contributed by atoms with Crippen molar-refractivity contribution < 1.29 is 5.02 Å². The Balaban J connectivity index is 3.12. The minimum Gasteiger partial charge on any atom is -0.446 e. The van der Waals surface area contributed by atoms with E-state index >= 15 is 0 Å². The molecule has 0 spiro atoms. The summed E-state index contributed by atoms with van der Waals surface area (Å²) < 4.78 is 0. The fraction of sp³-hybridized carbons (Fsp3) is 0.333. The molecule has 12 heavy (non-hydrogen) atoms. The molecule has 0 aliphatic carbocycles. The van der Waals surface area contributed by atoms with Crippen LogP contribution in [0.4, 0.5) is 5.69 Å². The average molecular weight is 163 g/mol. The predicted molar refractivity (Wildman–Crippen MR) is 53.7 cm³/mol. The molecule has 0 radical (unpaired) electrons. The lowest BCUT2D eigenvalue weighted by Crippen LogP contribution is -2.29. The molecule has 0 saturated carbocycles. The van der Waals surface area contributed by atoms with Crippen molar-refractivity contribution in [2.45, 2.75) is 20.2 Å². The molecule has 64 valence electrons. The van der Waals surface area contributed by atoms with Gasteiger partial charge in [-0.3, -0.25) is 0 Å². The van der Waals surface area contributed by atoms with Crippen molar-refractivity contribution in [2.24, 2.45) is 0 Å². The topological polar surface area (TPSA) is 46.2 Å². The number of anilines is 1. The van der Waals surface area contributed by atoms with E-state index in [0.29, 0.717) is 5.69 Å². The zero-order valence-electron chi connectivity index (χ0n) is 7.54. The molecule has 3 heteroatoms. The van der Waals surface area contributed by atoms with Crippen molar-refractivity contribution in [3.63, 3.8) is 0 Å². The number of hydrogen-bond acceptors (Lipinski definition) is 2. The van der Waals surface area contributed by atoms with Crippen molar-refractivity contribution >= 4 is 18.1 Å². The molecule has 0 aromatic heterocycles. The Morgan fingerprint density at radius 1 is 1.50 bits per heavy atom. The van der Waals surface area contributed by atoms with Crippen LogP contribution in [0.3, 0.4) is 0 Å². The molecule has 0 bridgehead atoms. The van der Waals surface area contributed by atoms with Crippen molar-refractivity contribution in [1.82, 2.24) is 0 Å². The summed E-state index contributed by atoms with van der Waals surface area (Å²) in [5.41, 5.74) is 8.43. The molecule has 0 amide bonds. The number of aryl methyl sites for hydroxylation is 1. The maximum atomic E-state index is 9.40. The number of hydrogen-bond donors (Lipinski definition) is 2. The van der Waals surface area contributed by atoms with Gasteiger partial charge in [0.1, 0.15) is 0 Å². The largest absolute Gasteiger partial charge is 0.446 e. The molecule has 0 heterocycles. The Morgan fingerprint density at radius 3 is 2.67 bits per heavy atom. The van der Waals surface area contributed by atoms with Crippen LogP contribution in [0.15, 0.2) is 18.2 Å². The SMILES string of the molecule is CCc1ccc(N)cc1B(C)O. The van der Waals surface area contributed by atoms with Gasteiger partial charge in [-0.2, -0.15) is 0 Å². The van der Waals surface area contributed by atoms with E-state index in [2.05, 4.69) is 6.92 Å². The molecule has 0 aliphatic heterocycles. The van der Waals surface area contributed by atoms with Crippen LogP contribution in [0.2, 0.25) is 6.82 Å². The lowest BCUT2D eigenvalue weighted by molar-refractivity contribution is 0.593. The van der Waals surface area contributed by atoms with Crippen LogP contribution in [-0.4, -0.2) is 11.9 Å². The van der Waals surface area contributed by atoms with Crippen LogP contribution in [0.25, 0.3) is 0 Å². The van der Waals surface area contributed by atoms with Crippen LogP contribution < -0.4 is 11.2 Å². The highest BCUT2D eigenvalue weighted by atomic mass is 16.2. The van der Waals surface area contributed by atoms with Gasteiger partial charge in [-0.05, 0) is 24.0 Å². The van der Waals surface area contributed by atoms with E-state index in [1.54, 1.807) is 6.82 Å². The van der Waals surface area contributed by atoms with E-state index < -0.39 is 6.92 Å². The lowest BCUT2D eigenvalue weighted by atomic mass is 9.62. The Kier molecular flexibility index (Phi) is 2.76. The average Bonchev–Trinajstić information content (AvgIpc) is 2.04. The van der Waals surface area contributed by atoms with Gasteiger partial charge in [-0.1, -0.05) is 25.4 Å². The van der Waals surface area contributed by atoms with E-state index in [1.165, 1.54) is 5.56 Å². The molecular formula is C9H14BNO.